The summed E-state index contributed by atoms with van der Waals surface area (Å²) in [6.07, 6.45) is 6.71. The Hall–Kier alpha value is -1.36. The number of hydrogen-bond acceptors (Lipinski definition) is 3. The zero-order valence-corrected chi connectivity index (χ0v) is 10.1. The van der Waals surface area contributed by atoms with Gasteiger partial charge in [-0.3, -0.25) is 0 Å². The van der Waals surface area contributed by atoms with Crippen molar-refractivity contribution in [2.24, 2.45) is 0 Å². The average molecular weight is 237 g/mol. The second kappa shape index (κ2) is 5.31. The maximum Gasteiger partial charge on any atom is 0.372 e. The number of imidazole rings is 1. The van der Waals surface area contributed by atoms with Gasteiger partial charge >= 0.3 is 5.97 Å². The van der Waals surface area contributed by atoms with Crippen LogP contribution in [0.2, 0.25) is 0 Å². The first-order chi connectivity index (χ1) is 8.22. The zero-order chi connectivity index (χ0) is 12.3. The normalized spacial score (nSPS) is 16.5. The van der Waals surface area contributed by atoms with Crippen LogP contribution in [0.1, 0.15) is 48.9 Å². The molecular formula is C12H19N3O2. The SMILES string of the molecule is CCn1c(CNC2CCCC2)cnc1C(=O)O. The van der Waals surface area contributed by atoms with Crippen molar-refractivity contribution < 1.29 is 9.90 Å². The number of aromatic carboxylic acids is 1. The number of carboxylic acids is 1. The highest BCUT2D eigenvalue weighted by atomic mass is 16.4. The molecule has 0 radical (unpaired) electrons. The molecule has 1 fully saturated rings. The summed E-state index contributed by atoms with van der Waals surface area (Å²) in [6.45, 7) is 3.29. The van der Waals surface area contributed by atoms with E-state index in [0.29, 0.717) is 19.1 Å². The van der Waals surface area contributed by atoms with E-state index in [1.165, 1.54) is 25.7 Å². The van der Waals surface area contributed by atoms with Crippen LogP contribution in [-0.2, 0) is 13.1 Å². The monoisotopic (exact) mass is 237 g/mol. The first-order valence-electron chi connectivity index (χ1n) is 6.23. The lowest BCUT2D eigenvalue weighted by atomic mass is 10.2. The summed E-state index contributed by atoms with van der Waals surface area (Å²) < 4.78 is 1.75. The minimum absolute atomic E-state index is 0.135. The van der Waals surface area contributed by atoms with Gasteiger partial charge in [0.05, 0.1) is 11.9 Å². The minimum atomic E-state index is -0.959. The second-order valence-electron chi connectivity index (χ2n) is 4.48. The van der Waals surface area contributed by atoms with Crippen LogP contribution in [0.4, 0.5) is 0 Å². The van der Waals surface area contributed by atoms with Crippen LogP contribution in [0.25, 0.3) is 0 Å². The molecule has 2 N–H and O–H groups in total. The van der Waals surface area contributed by atoms with Gasteiger partial charge in [-0.15, -0.1) is 0 Å². The standard InChI is InChI=1S/C12H19N3O2/c1-2-15-10(8-14-11(15)12(16)17)7-13-9-5-3-4-6-9/h8-9,13H,2-7H2,1H3,(H,16,17). The fourth-order valence-corrected chi connectivity index (χ4v) is 2.45. The molecule has 0 aliphatic heterocycles. The van der Waals surface area contributed by atoms with Crippen LogP contribution in [0.15, 0.2) is 6.20 Å². The van der Waals surface area contributed by atoms with Gasteiger partial charge in [0.25, 0.3) is 0 Å². The van der Waals surface area contributed by atoms with Gasteiger partial charge in [0.1, 0.15) is 0 Å². The highest BCUT2D eigenvalue weighted by Gasteiger charge is 2.17. The van der Waals surface area contributed by atoms with Gasteiger partial charge < -0.3 is 15.0 Å². The number of rotatable bonds is 5. The van der Waals surface area contributed by atoms with Gasteiger partial charge in [0.15, 0.2) is 0 Å². The molecule has 0 unspecified atom stereocenters. The van der Waals surface area contributed by atoms with Crippen molar-refractivity contribution in [1.29, 1.82) is 0 Å². The third-order valence-corrected chi connectivity index (χ3v) is 3.37. The summed E-state index contributed by atoms with van der Waals surface area (Å²) >= 11 is 0. The summed E-state index contributed by atoms with van der Waals surface area (Å²) in [5.74, 6) is -0.824. The van der Waals surface area contributed by atoms with E-state index in [-0.39, 0.29) is 5.82 Å². The van der Waals surface area contributed by atoms with Crippen molar-refractivity contribution in [1.82, 2.24) is 14.9 Å². The van der Waals surface area contributed by atoms with Gasteiger partial charge in [-0.05, 0) is 19.8 Å². The van der Waals surface area contributed by atoms with Gasteiger partial charge in [0.2, 0.25) is 5.82 Å². The Morgan fingerprint density at radius 2 is 2.29 bits per heavy atom. The molecule has 5 nitrogen and oxygen atoms in total. The molecule has 0 bridgehead atoms. The lowest BCUT2D eigenvalue weighted by Crippen LogP contribution is -2.26. The molecule has 0 atom stereocenters. The zero-order valence-electron chi connectivity index (χ0n) is 10.1. The highest BCUT2D eigenvalue weighted by molar-refractivity contribution is 5.83. The Kier molecular flexibility index (Phi) is 3.78. The average Bonchev–Trinajstić information content (AvgIpc) is 2.95. The van der Waals surface area contributed by atoms with Gasteiger partial charge in [0, 0.05) is 19.1 Å². The smallest absolute Gasteiger partial charge is 0.372 e. The molecule has 0 aromatic carbocycles. The van der Waals surface area contributed by atoms with E-state index in [4.69, 9.17) is 5.11 Å². The molecule has 1 aromatic heterocycles. The van der Waals surface area contributed by atoms with E-state index in [1.807, 2.05) is 6.92 Å². The fraction of sp³-hybridized carbons (Fsp3) is 0.667. The third kappa shape index (κ3) is 2.66. The predicted octanol–water partition coefficient (Wildman–Crippen LogP) is 1.63. The minimum Gasteiger partial charge on any atom is -0.475 e. The van der Waals surface area contributed by atoms with E-state index in [9.17, 15) is 4.79 Å². The van der Waals surface area contributed by atoms with Crippen molar-refractivity contribution in [3.8, 4) is 0 Å². The fourth-order valence-electron chi connectivity index (χ4n) is 2.45. The van der Waals surface area contributed by atoms with Crippen LogP contribution < -0.4 is 5.32 Å². The van der Waals surface area contributed by atoms with E-state index >= 15 is 0 Å². The quantitative estimate of drug-likeness (QED) is 0.817. The van der Waals surface area contributed by atoms with Crippen molar-refractivity contribution >= 4 is 5.97 Å². The van der Waals surface area contributed by atoms with Crippen LogP contribution in [-0.4, -0.2) is 26.7 Å². The molecule has 1 saturated carbocycles. The molecule has 1 aromatic rings. The second-order valence-corrected chi connectivity index (χ2v) is 4.48. The Bertz CT molecular complexity index is 394. The number of carbonyl (C=O) groups is 1. The van der Waals surface area contributed by atoms with Crippen molar-refractivity contribution in [3.05, 3.63) is 17.7 Å². The van der Waals surface area contributed by atoms with E-state index in [1.54, 1.807) is 10.8 Å². The maximum atomic E-state index is 11.0. The van der Waals surface area contributed by atoms with Crippen molar-refractivity contribution in [2.45, 2.75) is 51.7 Å². The first-order valence-corrected chi connectivity index (χ1v) is 6.23. The van der Waals surface area contributed by atoms with Gasteiger partial charge in [-0.1, -0.05) is 12.8 Å². The Morgan fingerprint density at radius 3 is 2.88 bits per heavy atom. The lowest BCUT2D eigenvalue weighted by molar-refractivity contribution is 0.0678. The van der Waals surface area contributed by atoms with Crippen LogP contribution in [0.3, 0.4) is 0 Å². The van der Waals surface area contributed by atoms with E-state index in [0.717, 1.165) is 5.69 Å². The molecule has 1 aliphatic carbocycles. The first kappa shape index (κ1) is 12.1. The van der Waals surface area contributed by atoms with E-state index < -0.39 is 5.97 Å². The largest absolute Gasteiger partial charge is 0.475 e. The third-order valence-electron chi connectivity index (χ3n) is 3.37. The molecule has 0 amide bonds. The van der Waals surface area contributed by atoms with Crippen LogP contribution in [0, 0.1) is 0 Å². The summed E-state index contributed by atoms with van der Waals surface area (Å²) in [4.78, 5) is 14.9. The molecule has 2 rings (SSSR count). The Balaban J connectivity index is 2.02. The Morgan fingerprint density at radius 1 is 1.59 bits per heavy atom. The Labute approximate surface area is 101 Å². The van der Waals surface area contributed by atoms with Crippen molar-refractivity contribution in [3.63, 3.8) is 0 Å². The van der Waals surface area contributed by atoms with Gasteiger partial charge in [-0.25, -0.2) is 9.78 Å². The molecule has 1 heterocycles. The number of hydrogen-bond donors (Lipinski definition) is 2. The summed E-state index contributed by atoms with van der Waals surface area (Å²) in [7, 11) is 0. The predicted molar refractivity (Wildman–Crippen MR) is 64.0 cm³/mol. The molecule has 0 spiro atoms. The summed E-state index contributed by atoms with van der Waals surface area (Å²) in [5, 5.41) is 12.5. The molecule has 94 valence electrons. The molecule has 1 aliphatic rings. The molecular weight excluding hydrogens is 218 g/mol. The molecule has 5 heteroatoms. The summed E-state index contributed by atoms with van der Waals surface area (Å²) in [5.41, 5.74) is 0.955. The number of nitrogens with one attached hydrogen (secondary N) is 1. The number of carboxylic acid groups (broad SMARTS) is 1. The number of nitrogens with zero attached hydrogens (tertiary/aromatic N) is 2. The highest BCUT2D eigenvalue weighted by Crippen LogP contribution is 2.18. The van der Waals surface area contributed by atoms with Gasteiger partial charge in [-0.2, -0.15) is 0 Å². The van der Waals surface area contributed by atoms with Crippen molar-refractivity contribution in [2.75, 3.05) is 0 Å². The van der Waals surface area contributed by atoms with E-state index in [2.05, 4.69) is 10.3 Å². The molecule has 0 saturated heterocycles. The topological polar surface area (TPSA) is 67.2 Å². The number of aromatic nitrogens is 2. The maximum absolute atomic E-state index is 11.0. The molecule has 17 heavy (non-hydrogen) atoms. The van der Waals surface area contributed by atoms with Crippen LogP contribution in [0.5, 0.6) is 0 Å². The van der Waals surface area contributed by atoms with Crippen LogP contribution >= 0.6 is 0 Å². The summed E-state index contributed by atoms with van der Waals surface area (Å²) in [6, 6.07) is 0.587. The lowest BCUT2D eigenvalue weighted by Gasteiger charge is -2.13.